The molecule has 1 fully saturated rings. The number of thiazole rings is 1. The zero-order chi connectivity index (χ0) is 23.7. The molecule has 8 heteroatoms. The van der Waals surface area contributed by atoms with E-state index in [0.29, 0.717) is 17.7 Å². The van der Waals surface area contributed by atoms with Crippen LogP contribution in [0.5, 0.6) is 0 Å². The summed E-state index contributed by atoms with van der Waals surface area (Å²) in [4.78, 5) is 43.6. The number of rotatable bonds is 6. The van der Waals surface area contributed by atoms with E-state index in [0.717, 1.165) is 25.7 Å². The van der Waals surface area contributed by atoms with Crippen LogP contribution in [0.4, 0.5) is 10.5 Å². The van der Waals surface area contributed by atoms with Crippen LogP contribution in [0, 0.1) is 0 Å². The molecule has 1 saturated heterocycles. The molecule has 1 aromatic heterocycles. The molecular formula is C26H22N4O3S. The van der Waals surface area contributed by atoms with E-state index >= 15 is 0 Å². The van der Waals surface area contributed by atoms with Gasteiger partial charge in [0.1, 0.15) is 12.1 Å². The van der Waals surface area contributed by atoms with Crippen molar-refractivity contribution >= 4 is 45.1 Å². The van der Waals surface area contributed by atoms with Crippen molar-refractivity contribution in [3.8, 4) is 0 Å². The number of para-hydroxylation sites is 1. The molecule has 0 saturated carbocycles. The molecule has 170 valence electrons. The third-order valence-electron chi connectivity index (χ3n) is 5.86. The Bertz CT molecular complexity index is 1350. The van der Waals surface area contributed by atoms with E-state index in [1.54, 1.807) is 54.7 Å². The Morgan fingerprint density at radius 1 is 1.00 bits per heavy atom. The van der Waals surface area contributed by atoms with Gasteiger partial charge in [-0.3, -0.25) is 14.5 Å². The summed E-state index contributed by atoms with van der Waals surface area (Å²) in [5, 5.41) is 6.50. The third kappa shape index (κ3) is 4.15. The first kappa shape index (κ1) is 21.8. The van der Waals surface area contributed by atoms with Gasteiger partial charge in [0.25, 0.3) is 5.91 Å². The van der Waals surface area contributed by atoms with Crippen molar-refractivity contribution in [2.75, 3.05) is 11.9 Å². The number of hydrogen-bond donors (Lipinski definition) is 2. The monoisotopic (exact) mass is 470 g/mol. The summed E-state index contributed by atoms with van der Waals surface area (Å²) in [5.41, 5.74) is 2.14. The van der Waals surface area contributed by atoms with E-state index in [2.05, 4.69) is 21.7 Å². The molecule has 5 rings (SSSR count). The fourth-order valence-electron chi connectivity index (χ4n) is 4.03. The van der Waals surface area contributed by atoms with Crippen molar-refractivity contribution in [2.45, 2.75) is 18.9 Å². The number of carbonyl (C=O) groups excluding carboxylic acids is 3. The Kier molecular flexibility index (Phi) is 5.59. The maximum absolute atomic E-state index is 13.0. The smallest absolute Gasteiger partial charge is 0.325 e. The number of fused-ring (bicyclic) bond motifs is 1. The number of amides is 4. The number of nitrogens with one attached hydrogen (secondary N) is 2. The minimum Gasteiger partial charge on any atom is -0.325 e. The number of urea groups is 1. The molecule has 1 atom stereocenters. The Labute approximate surface area is 200 Å². The number of benzene rings is 3. The average molecular weight is 471 g/mol. The van der Waals surface area contributed by atoms with Crippen LogP contribution in [-0.4, -0.2) is 34.3 Å². The van der Waals surface area contributed by atoms with E-state index in [-0.39, 0.29) is 6.54 Å². The normalized spacial score (nSPS) is 17.7. The van der Waals surface area contributed by atoms with Crippen LogP contribution in [0.2, 0.25) is 0 Å². The Morgan fingerprint density at radius 3 is 2.44 bits per heavy atom. The second-order valence-corrected chi connectivity index (χ2v) is 9.42. The van der Waals surface area contributed by atoms with Crippen molar-refractivity contribution < 1.29 is 14.4 Å². The summed E-state index contributed by atoms with van der Waals surface area (Å²) < 4.78 is 1.16. The first-order valence-electron chi connectivity index (χ1n) is 10.9. The number of aromatic nitrogens is 1. The molecule has 2 N–H and O–H groups in total. The van der Waals surface area contributed by atoms with E-state index < -0.39 is 23.4 Å². The van der Waals surface area contributed by atoms with Gasteiger partial charge in [-0.15, -0.1) is 11.3 Å². The fraction of sp³-hybridized carbons (Fsp3) is 0.154. The lowest BCUT2D eigenvalue weighted by molar-refractivity contribution is -0.133. The molecule has 3 aromatic carbocycles. The van der Waals surface area contributed by atoms with E-state index in [1.807, 2.05) is 36.4 Å². The summed E-state index contributed by atoms with van der Waals surface area (Å²) in [6.07, 6.45) is 0.702. The molecule has 4 aromatic rings. The van der Waals surface area contributed by atoms with Crippen LogP contribution in [0.15, 0.2) is 78.9 Å². The van der Waals surface area contributed by atoms with Gasteiger partial charge < -0.3 is 10.6 Å². The van der Waals surface area contributed by atoms with Crippen LogP contribution >= 0.6 is 11.3 Å². The topological polar surface area (TPSA) is 91.4 Å². The van der Waals surface area contributed by atoms with Gasteiger partial charge >= 0.3 is 6.03 Å². The molecule has 0 bridgehead atoms. The molecule has 0 spiro atoms. The summed E-state index contributed by atoms with van der Waals surface area (Å²) in [6.45, 7) is 1.28. The van der Waals surface area contributed by atoms with Crippen LogP contribution < -0.4 is 10.6 Å². The molecule has 0 radical (unpaired) electrons. The molecule has 1 aliphatic rings. The number of nitrogens with zero attached hydrogens (tertiary/aromatic N) is 2. The minimum atomic E-state index is -1.19. The highest BCUT2D eigenvalue weighted by Crippen LogP contribution is 2.28. The SMILES string of the molecule is C[C@]1(c2ccccc2)NC(=O)N(CC(=O)Nc2ccc(Cc3nc4ccccc4s3)cc2)C1=O. The largest absolute Gasteiger partial charge is 0.325 e. The van der Waals surface area contributed by atoms with Gasteiger partial charge in [-0.25, -0.2) is 9.78 Å². The van der Waals surface area contributed by atoms with Gasteiger partial charge in [-0.05, 0) is 42.3 Å². The summed E-state index contributed by atoms with van der Waals surface area (Å²) in [6, 6.07) is 23.9. The highest BCUT2D eigenvalue weighted by atomic mass is 32.1. The van der Waals surface area contributed by atoms with Crippen molar-refractivity contribution in [2.24, 2.45) is 0 Å². The van der Waals surface area contributed by atoms with Crippen molar-refractivity contribution in [1.82, 2.24) is 15.2 Å². The molecule has 7 nitrogen and oxygen atoms in total. The van der Waals surface area contributed by atoms with Gasteiger partial charge in [-0.1, -0.05) is 54.6 Å². The van der Waals surface area contributed by atoms with Gasteiger partial charge in [0.15, 0.2) is 0 Å². The maximum Gasteiger partial charge on any atom is 0.325 e. The molecule has 1 aliphatic heterocycles. The molecule has 4 amide bonds. The summed E-state index contributed by atoms with van der Waals surface area (Å²) in [7, 11) is 0. The van der Waals surface area contributed by atoms with Gasteiger partial charge in [-0.2, -0.15) is 0 Å². The van der Waals surface area contributed by atoms with Gasteiger partial charge in [0.05, 0.1) is 15.2 Å². The summed E-state index contributed by atoms with van der Waals surface area (Å²) in [5.74, 6) is -0.898. The molecule has 0 aliphatic carbocycles. The van der Waals surface area contributed by atoms with Gasteiger partial charge in [0.2, 0.25) is 5.91 Å². The summed E-state index contributed by atoms with van der Waals surface area (Å²) >= 11 is 1.67. The van der Waals surface area contributed by atoms with E-state index in [9.17, 15) is 14.4 Å². The van der Waals surface area contributed by atoms with Crippen LogP contribution in [-0.2, 0) is 21.5 Å². The first-order valence-corrected chi connectivity index (χ1v) is 11.7. The van der Waals surface area contributed by atoms with Crippen LogP contribution in [0.1, 0.15) is 23.1 Å². The number of imide groups is 1. The molecule has 2 heterocycles. The predicted octanol–water partition coefficient (Wildman–Crippen LogP) is 4.29. The second kappa shape index (κ2) is 8.72. The minimum absolute atomic E-state index is 0.361. The standard InChI is InChI=1S/C26H22N4O3S/c1-26(18-7-3-2-4-8-18)24(32)30(25(33)29-26)16-22(31)27-19-13-11-17(12-14-19)15-23-28-20-9-5-6-10-21(20)34-23/h2-14H,15-16H2,1H3,(H,27,31)(H,29,33)/t26-/m1/s1. The van der Waals surface area contributed by atoms with Crippen LogP contribution in [0.3, 0.4) is 0 Å². The Morgan fingerprint density at radius 2 is 1.71 bits per heavy atom. The lowest BCUT2D eigenvalue weighted by Crippen LogP contribution is -2.42. The number of hydrogen-bond acceptors (Lipinski definition) is 5. The maximum atomic E-state index is 13.0. The zero-order valence-corrected chi connectivity index (χ0v) is 19.3. The van der Waals surface area contributed by atoms with Crippen molar-refractivity contribution in [3.05, 3.63) is 95.0 Å². The van der Waals surface area contributed by atoms with Gasteiger partial charge in [0, 0.05) is 12.1 Å². The van der Waals surface area contributed by atoms with E-state index in [4.69, 9.17) is 0 Å². The number of carbonyl (C=O) groups is 3. The average Bonchev–Trinajstić information content (AvgIpc) is 3.34. The lowest BCUT2D eigenvalue weighted by Gasteiger charge is -2.22. The zero-order valence-electron chi connectivity index (χ0n) is 18.4. The fourth-order valence-corrected chi connectivity index (χ4v) is 5.03. The molecule has 34 heavy (non-hydrogen) atoms. The predicted molar refractivity (Wildman–Crippen MR) is 132 cm³/mol. The second-order valence-electron chi connectivity index (χ2n) is 8.31. The van der Waals surface area contributed by atoms with Crippen molar-refractivity contribution in [3.63, 3.8) is 0 Å². The van der Waals surface area contributed by atoms with Crippen molar-refractivity contribution in [1.29, 1.82) is 0 Å². The lowest BCUT2D eigenvalue weighted by atomic mass is 9.92. The molecule has 0 unspecified atom stereocenters. The van der Waals surface area contributed by atoms with E-state index in [1.165, 1.54) is 0 Å². The Balaban J connectivity index is 1.21. The third-order valence-corrected chi connectivity index (χ3v) is 6.90. The highest BCUT2D eigenvalue weighted by Gasteiger charge is 2.49. The molecular weight excluding hydrogens is 448 g/mol. The Hall–Kier alpha value is -4.04. The highest BCUT2D eigenvalue weighted by molar-refractivity contribution is 7.18. The van der Waals surface area contributed by atoms with Crippen LogP contribution in [0.25, 0.3) is 10.2 Å². The number of anilines is 1. The quantitative estimate of drug-likeness (QED) is 0.411. The first-order chi connectivity index (χ1) is 16.4.